The number of hydrogen-bond acceptors (Lipinski definition) is 5. The third-order valence-corrected chi connectivity index (χ3v) is 5.27. The number of aromatic amines is 1. The molecule has 158 valence electrons. The van der Waals surface area contributed by atoms with Crippen LogP contribution in [0.3, 0.4) is 0 Å². The molecule has 0 bridgehead atoms. The van der Waals surface area contributed by atoms with Crippen molar-refractivity contribution in [2.75, 3.05) is 18.4 Å². The van der Waals surface area contributed by atoms with Gasteiger partial charge >= 0.3 is 0 Å². The molecule has 0 saturated carbocycles. The highest BCUT2D eigenvalue weighted by molar-refractivity contribution is 5.90. The first-order valence-electron chi connectivity index (χ1n) is 10.1. The van der Waals surface area contributed by atoms with Crippen molar-refractivity contribution in [1.82, 2.24) is 19.6 Å². The van der Waals surface area contributed by atoms with Crippen molar-refractivity contribution in [3.8, 4) is 5.69 Å². The molecule has 0 aliphatic heterocycles. The summed E-state index contributed by atoms with van der Waals surface area (Å²) in [6.07, 6.45) is 2.41. The maximum absolute atomic E-state index is 12.9. The highest BCUT2D eigenvalue weighted by atomic mass is 16.1. The number of hydrogen-bond donors (Lipinski definition) is 2. The molecule has 4 aromatic rings. The number of H-pyrrole nitrogens is 1. The van der Waals surface area contributed by atoms with Crippen molar-refractivity contribution >= 4 is 22.8 Å². The Hall–Kier alpha value is -3.94. The quantitative estimate of drug-likeness (QED) is 0.358. The summed E-state index contributed by atoms with van der Waals surface area (Å²) in [4.78, 5) is 29.2. The summed E-state index contributed by atoms with van der Waals surface area (Å²) < 4.78 is 3.48. The van der Waals surface area contributed by atoms with Crippen LogP contribution in [0.25, 0.3) is 16.5 Å². The normalized spacial score (nSPS) is 11.4. The fourth-order valence-electron chi connectivity index (χ4n) is 3.52. The number of anilines is 1. The van der Waals surface area contributed by atoms with Gasteiger partial charge in [-0.15, -0.1) is 0 Å². The van der Waals surface area contributed by atoms with Gasteiger partial charge in [-0.3, -0.25) is 19.3 Å². The van der Waals surface area contributed by atoms with Gasteiger partial charge in [0.2, 0.25) is 0 Å². The fourth-order valence-corrected chi connectivity index (χ4v) is 3.52. The third-order valence-electron chi connectivity index (χ3n) is 5.27. The molecule has 0 unspecified atom stereocenters. The second-order valence-corrected chi connectivity index (χ2v) is 7.24. The summed E-state index contributed by atoms with van der Waals surface area (Å²) >= 11 is 0. The van der Waals surface area contributed by atoms with Crippen molar-refractivity contribution in [3.63, 3.8) is 0 Å². The Morgan fingerprint density at radius 3 is 2.55 bits per heavy atom. The number of aliphatic imine (C=N–C) groups is 1. The lowest BCUT2D eigenvalue weighted by molar-refractivity contribution is 0.630. The molecule has 8 nitrogen and oxygen atoms in total. The lowest BCUT2D eigenvalue weighted by atomic mass is 10.2. The van der Waals surface area contributed by atoms with E-state index in [-0.39, 0.29) is 11.1 Å². The molecule has 2 N–H and O–H groups in total. The van der Waals surface area contributed by atoms with E-state index in [1.165, 1.54) is 0 Å². The van der Waals surface area contributed by atoms with Gasteiger partial charge in [0.05, 0.1) is 16.6 Å². The molecule has 0 aliphatic carbocycles. The molecule has 8 heteroatoms. The van der Waals surface area contributed by atoms with Crippen LogP contribution in [0.1, 0.15) is 17.7 Å². The van der Waals surface area contributed by atoms with Crippen LogP contribution in [0.5, 0.6) is 0 Å². The van der Waals surface area contributed by atoms with Crippen molar-refractivity contribution in [2.45, 2.75) is 13.3 Å². The van der Waals surface area contributed by atoms with E-state index in [9.17, 15) is 9.59 Å². The Kier molecular flexibility index (Phi) is 5.79. The highest BCUT2D eigenvalue weighted by Gasteiger charge is 2.14. The topological polar surface area (TPSA) is 97.1 Å². The van der Waals surface area contributed by atoms with E-state index in [1.54, 1.807) is 17.0 Å². The molecule has 0 amide bonds. The van der Waals surface area contributed by atoms with Gasteiger partial charge in [-0.1, -0.05) is 36.4 Å². The standard InChI is InChI=1S/C23H24N6O2/c1-16-20(23(31)29(28(16)2)17-9-4-3-5-10-17)15-24-13-8-14-25-21-18-11-6-7-12-19(18)22(30)27-26-21/h3-7,9-12,15H,8,13-14H2,1-2H3,(H,25,26)(H,27,30)/b24-15+. The van der Waals surface area contributed by atoms with Gasteiger partial charge in [0.1, 0.15) is 0 Å². The Morgan fingerprint density at radius 1 is 1.06 bits per heavy atom. The Balaban J connectivity index is 1.40. The van der Waals surface area contributed by atoms with Crippen LogP contribution in [0, 0.1) is 6.92 Å². The first kappa shape index (κ1) is 20.3. The first-order chi connectivity index (χ1) is 15.1. The summed E-state index contributed by atoms with van der Waals surface area (Å²) in [5.41, 5.74) is 1.98. The molecule has 2 aromatic heterocycles. The SMILES string of the molecule is Cc1c(/C=N/CCCNc2n[nH]c(=O)c3ccccc23)c(=O)n(-c2ccccc2)n1C. The molecule has 2 heterocycles. The number of nitrogens with zero attached hydrogens (tertiary/aromatic N) is 4. The minimum absolute atomic E-state index is 0.0861. The van der Waals surface area contributed by atoms with Gasteiger partial charge < -0.3 is 5.32 Å². The van der Waals surface area contributed by atoms with E-state index >= 15 is 0 Å². The second kappa shape index (κ2) is 8.83. The number of para-hydroxylation sites is 1. The molecule has 0 fully saturated rings. The third kappa shape index (κ3) is 4.05. The molecule has 0 spiro atoms. The average Bonchev–Trinajstić information content (AvgIpc) is 3.01. The van der Waals surface area contributed by atoms with Crippen LogP contribution in [0.15, 0.2) is 69.2 Å². The zero-order valence-electron chi connectivity index (χ0n) is 17.5. The van der Waals surface area contributed by atoms with Gasteiger partial charge in [0.15, 0.2) is 5.82 Å². The number of benzene rings is 2. The molecular formula is C23H24N6O2. The van der Waals surface area contributed by atoms with E-state index in [0.717, 1.165) is 23.2 Å². The van der Waals surface area contributed by atoms with Crippen LogP contribution in [0.4, 0.5) is 5.82 Å². The predicted octanol–water partition coefficient (Wildman–Crippen LogP) is 2.64. The molecule has 4 rings (SSSR count). The summed E-state index contributed by atoms with van der Waals surface area (Å²) in [6.45, 7) is 3.12. The van der Waals surface area contributed by atoms with Gasteiger partial charge in [0.25, 0.3) is 11.1 Å². The number of fused-ring (bicyclic) bond motifs is 1. The zero-order valence-corrected chi connectivity index (χ0v) is 17.5. The van der Waals surface area contributed by atoms with E-state index in [1.807, 2.05) is 67.2 Å². The van der Waals surface area contributed by atoms with Crippen LogP contribution in [0.2, 0.25) is 0 Å². The van der Waals surface area contributed by atoms with E-state index in [4.69, 9.17) is 0 Å². The van der Waals surface area contributed by atoms with Crippen molar-refractivity contribution in [1.29, 1.82) is 0 Å². The Morgan fingerprint density at radius 2 is 1.77 bits per heavy atom. The number of rotatable bonds is 7. The Bertz CT molecular complexity index is 1350. The lowest BCUT2D eigenvalue weighted by Crippen LogP contribution is -2.20. The summed E-state index contributed by atoms with van der Waals surface area (Å²) in [7, 11) is 1.87. The fraction of sp³-hybridized carbons (Fsp3) is 0.217. The molecule has 0 aliphatic rings. The second-order valence-electron chi connectivity index (χ2n) is 7.24. The molecule has 31 heavy (non-hydrogen) atoms. The van der Waals surface area contributed by atoms with Gasteiger partial charge in [0, 0.05) is 37.4 Å². The first-order valence-corrected chi connectivity index (χ1v) is 10.1. The van der Waals surface area contributed by atoms with E-state index in [0.29, 0.717) is 29.9 Å². The monoisotopic (exact) mass is 416 g/mol. The van der Waals surface area contributed by atoms with Gasteiger partial charge in [-0.25, -0.2) is 9.78 Å². The summed E-state index contributed by atoms with van der Waals surface area (Å²) in [5.74, 6) is 0.642. The average molecular weight is 416 g/mol. The van der Waals surface area contributed by atoms with Crippen LogP contribution < -0.4 is 16.4 Å². The molecule has 0 atom stereocenters. The summed E-state index contributed by atoms with van der Waals surface area (Å²) in [6, 6.07) is 16.9. The number of aromatic nitrogens is 4. The molecule has 0 saturated heterocycles. The minimum Gasteiger partial charge on any atom is -0.368 e. The smallest absolute Gasteiger partial charge is 0.280 e. The van der Waals surface area contributed by atoms with Crippen LogP contribution in [-0.4, -0.2) is 38.9 Å². The van der Waals surface area contributed by atoms with E-state index in [2.05, 4.69) is 20.5 Å². The summed E-state index contributed by atoms with van der Waals surface area (Å²) in [5, 5.41) is 11.3. The minimum atomic E-state index is -0.204. The largest absolute Gasteiger partial charge is 0.368 e. The molecule has 2 aromatic carbocycles. The van der Waals surface area contributed by atoms with Crippen molar-refractivity contribution < 1.29 is 0 Å². The number of nitrogens with one attached hydrogen (secondary N) is 2. The molecular weight excluding hydrogens is 392 g/mol. The highest BCUT2D eigenvalue weighted by Crippen LogP contribution is 2.16. The van der Waals surface area contributed by atoms with Gasteiger partial charge in [-0.2, -0.15) is 5.10 Å². The van der Waals surface area contributed by atoms with Crippen molar-refractivity contribution in [3.05, 3.63) is 86.6 Å². The Labute approximate surface area is 178 Å². The van der Waals surface area contributed by atoms with Crippen LogP contribution in [-0.2, 0) is 7.05 Å². The van der Waals surface area contributed by atoms with Crippen molar-refractivity contribution in [2.24, 2.45) is 12.0 Å². The van der Waals surface area contributed by atoms with E-state index < -0.39 is 0 Å². The predicted molar refractivity (Wildman–Crippen MR) is 124 cm³/mol. The molecule has 0 radical (unpaired) electrons. The van der Waals surface area contributed by atoms with Gasteiger partial charge in [-0.05, 0) is 31.5 Å². The maximum atomic E-state index is 12.9. The maximum Gasteiger partial charge on any atom is 0.280 e. The van der Waals surface area contributed by atoms with Crippen LogP contribution >= 0.6 is 0 Å². The zero-order chi connectivity index (χ0) is 21.8. The lowest BCUT2D eigenvalue weighted by Gasteiger charge is -2.07.